The summed E-state index contributed by atoms with van der Waals surface area (Å²) in [5.74, 6) is 1.68. The van der Waals surface area contributed by atoms with Crippen molar-refractivity contribution in [2.24, 2.45) is 0 Å². The summed E-state index contributed by atoms with van der Waals surface area (Å²) in [5.41, 5.74) is 2.08. The highest BCUT2D eigenvalue weighted by molar-refractivity contribution is 5.54. The number of aryl methyl sites for hydroxylation is 2. The van der Waals surface area contributed by atoms with Gasteiger partial charge in [-0.15, -0.1) is 0 Å². The molecule has 32 heavy (non-hydrogen) atoms. The van der Waals surface area contributed by atoms with Gasteiger partial charge < -0.3 is 44.1 Å². The fraction of sp³-hybridized carbons (Fsp3) is 0.478. The van der Waals surface area contributed by atoms with Crippen molar-refractivity contribution in [3.63, 3.8) is 0 Å². The van der Waals surface area contributed by atoms with Crippen LogP contribution in [0.25, 0.3) is 0 Å². The average molecular weight is 450 g/mol. The van der Waals surface area contributed by atoms with Gasteiger partial charge >= 0.3 is 0 Å². The number of rotatable bonds is 9. The lowest BCUT2D eigenvalue weighted by molar-refractivity contribution is -0.277. The molecule has 1 aliphatic heterocycles. The number of hydrogen-bond acceptors (Lipinski definition) is 9. The summed E-state index contributed by atoms with van der Waals surface area (Å²) in [6, 6.07) is 11.4. The maximum Gasteiger partial charge on any atom is 0.229 e. The maximum atomic E-state index is 10.3. The molecule has 4 N–H and O–H groups in total. The molecule has 1 aliphatic rings. The van der Waals surface area contributed by atoms with Crippen molar-refractivity contribution in [2.45, 2.75) is 43.5 Å². The molecule has 0 aromatic heterocycles. The Morgan fingerprint density at radius 1 is 0.781 bits per heavy atom. The Balaban J connectivity index is 1.79. The number of ether oxygens (including phenoxy) is 5. The molecule has 1 fully saturated rings. The predicted molar refractivity (Wildman–Crippen MR) is 114 cm³/mol. The zero-order chi connectivity index (χ0) is 23.3. The third kappa shape index (κ3) is 5.25. The molecular formula is C23H30O9. The van der Waals surface area contributed by atoms with Crippen LogP contribution in [0.4, 0.5) is 0 Å². The molecule has 3 rings (SSSR count). The van der Waals surface area contributed by atoms with Crippen molar-refractivity contribution in [3.05, 3.63) is 47.5 Å². The molecule has 0 spiro atoms. The number of aliphatic hydroxyl groups excluding tert-OH is 4. The molecule has 0 aliphatic carbocycles. The number of benzene rings is 2. The minimum Gasteiger partial charge on any atom is -0.497 e. The summed E-state index contributed by atoms with van der Waals surface area (Å²) in [4.78, 5) is 0. The second kappa shape index (κ2) is 10.8. The second-order valence-corrected chi connectivity index (χ2v) is 7.49. The van der Waals surface area contributed by atoms with E-state index in [1.807, 2.05) is 24.3 Å². The van der Waals surface area contributed by atoms with Gasteiger partial charge in [0.15, 0.2) is 11.5 Å². The molecule has 9 heteroatoms. The molecule has 0 unspecified atom stereocenters. The minimum atomic E-state index is -1.55. The van der Waals surface area contributed by atoms with Crippen molar-refractivity contribution in [2.75, 3.05) is 27.9 Å². The topological polar surface area (TPSA) is 127 Å². The van der Waals surface area contributed by atoms with Gasteiger partial charge in [-0.05, 0) is 48.2 Å². The van der Waals surface area contributed by atoms with E-state index in [2.05, 4.69) is 0 Å². The van der Waals surface area contributed by atoms with E-state index in [9.17, 15) is 20.4 Å². The lowest BCUT2D eigenvalue weighted by atomic mass is 9.99. The highest BCUT2D eigenvalue weighted by Crippen LogP contribution is 2.40. The average Bonchev–Trinajstić information content (AvgIpc) is 2.83. The second-order valence-electron chi connectivity index (χ2n) is 7.49. The van der Waals surface area contributed by atoms with Crippen LogP contribution in [-0.2, 0) is 17.6 Å². The zero-order valence-corrected chi connectivity index (χ0v) is 18.3. The Bertz CT molecular complexity index is 843. The van der Waals surface area contributed by atoms with Gasteiger partial charge in [-0.3, -0.25) is 0 Å². The minimum absolute atomic E-state index is 0.174. The smallest absolute Gasteiger partial charge is 0.229 e. The van der Waals surface area contributed by atoms with Gasteiger partial charge in [0.1, 0.15) is 30.2 Å². The molecule has 2 aromatic carbocycles. The van der Waals surface area contributed by atoms with Gasteiger partial charge in [-0.2, -0.15) is 0 Å². The van der Waals surface area contributed by atoms with E-state index in [1.165, 1.54) is 14.2 Å². The van der Waals surface area contributed by atoms with E-state index in [0.717, 1.165) is 23.3 Å². The fourth-order valence-electron chi connectivity index (χ4n) is 3.56. The Morgan fingerprint density at radius 3 is 1.91 bits per heavy atom. The largest absolute Gasteiger partial charge is 0.497 e. The lowest BCUT2D eigenvalue weighted by Gasteiger charge is -2.39. The van der Waals surface area contributed by atoms with Crippen LogP contribution in [0.2, 0.25) is 0 Å². The summed E-state index contributed by atoms with van der Waals surface area (Å²) in [7, 11) is 4.58. The summed E-state index contributed by atoms with van der Waals surface area (Å²) in [5, 5.41) is 39.6. The van der Waals surface area contributed by atoms with Gasteiger partial charge in [-0.25, -0.2) is 0 Å². The Hall–Kier alpha value is -2.56. The molecule has 9 nitrogen and oxygen atoms in total. The van der Waals surface area contributed by atoms with E-state index in [0.29, 0.717) is 17.9 Å². The van der Waals surface area contributed by atoms with Crippen LogP contribution in [0.15, 0.2) is 36.4 Å². The van der Waals surface area contributed by atoms with Crippen molar-refractivity contribution < 1.29 is 44.1 Å². The first kappa shape index (κ1) is 24.1. The lowest BCUT2D eigenvalue weighted by Crippen LogP contribution is -2.60. The Labute approximate surface area is 186 Å². The molecule has 0 radical (unpaired) electrons. The van der Waals surface area contributed by atoms with Crippen LogP contribution in [0.3, 0.4) is 0 Å². The molecule has 5 atom stereocenters. The highest BCUT2D eigenvalue weighted by Gasteiger charge is 2.45. The predicted octanol–water partition coefficient (Wildman–Crippen LogP) is 0.676. The van der Waals surface area contributed by atoms with E-state index >= 15 is 0 Å². The molecular weight excluding hydrogens is 420 g/mol. The van der Waals surface area contributed by atoms with Crippen molar-refractivity contribution >= 4 is 0 Å². The molecule has 0 saturated carbocycles. The van der Waals surface area contributed by atoms with E-state index in [-0.39, 0.29) is 5.75 Å². The Kier molecular flexibility index (Phi) is 8.16. The molecule has 1 saturated heterocycles. The first-order valence-electron chi connectivity index (χ1n) is 10.3. The Morgan fingerprint density at radius 2 is 1.38 bits per heavy atom. The van der Waals surface area contributed by atoms with Gasteiger partial charge in [0, 0.05) is 0 Å². The quantitative estimate of drug-likeness (QED) is 0.436. The van der Waals surface area contributed by atoms with Crippen molar-refractivity contribution in [1.82, 2.24) is 0 Å². The maximum absolute atomic E-state index is 10.3. The summed E-state index contributed by atoms with van der Waals surface area (Å²) in [6.45, 7) is -0.552. The van der Waals surface area contributed by atoms with Crippen LogP contribution in [0, 0.1) is 0 Å². The summed E-state index contributed by atoms with van der Waals surface area (Å²) < 4.78 is 27.3. The van der Waals surface area contributed by atoms with Crippen LogP contribution < -0.4 is 18.9 Å². The van der Waals surface area contributed by atoms with Crippen LogP contribution in [0.5, 0.6) is 23.0 Å². The van der Waals surface area contributed by atoms with E-state index in [4.69, 9.17) is 23.7 Å². The first-order valence-corrected chi connectivity index (χ1v) is 10.3. The fourth-order valence-corrected chi connectivity index (χ4v) is 3.56. The molecule has 0 amide bonds. The van der Waals surface area contributed by atoms with E-state index < -0.39 is 37.3 Å². The van der Waals surface area contributed by atoms with Crippen LogP contribution in [0.1, 0.15) is 11.1 Å². The molecule has 1 heterocycles. The van der Waals surface area contributed by atoms with Crippen molar-refractivity contribution in [1.29, 1.82) is 0 Å². The van der Waals surface area contributed by atoms with Gasteiger partial charge in [0.05, 0.1) is 27.9 Å². The molecule has 176 valence electrons. The summed E-state index contributed by atoms with van der Waals surface area (Å²) >= 11 is 0. The van der Waals surface area contributed by atoms with E-state index in [1.54, 1.807) is 19.2 Å². The number of aliphatic hydroxyl groups is 4. The molecule has 2 aromatic rings. The summed E-state index contributed by atoms with van der Waals surface area (Å²) in [6.07, 6.45) is -5.51. The standard InChI is InChI=1S/C23H30O9/c1-28-15-8-6-13(7-9-15)4-5-14-10-16(29-2)22(17(11-14)30-3)32-23-21(27)20(26)19(25)18(12-24)31-23/h6-11,18-21,23-27H,4-5,12H2,1-3H3/t18-,19-,20+,21-,23+/m1/s1. The normalized spacial score (nSPS) is 25.3. The zero-order valence-electron chi connectivity index (χ0n) is 18.3. The van der Waals surface area contributed by atoms with Crippen molar-refractivity contribution in [3.8, 4) is 23.0 Å². The first-order chi connectivity index (χ1) is 15.4. The monoisotopic (exact) mass is 450 g/mol. The molecule has 0 bridgehead atoms. The van der Waals surface area contributed by atoms with Gasteiger partial charge in [-0.1, -0.05) is 12.1 Å². The third-order valence-electron chi connectivity index (χ3n) is 5.46. The number of hydrogen-bond donors (Lipinski definition) is 4. The van der Waals surface area contributed by atoms with Gasteiger partial charge in [0.25, 0.3) is 0 Å². The van der Waals surface area contributed by atoms with Gasteiger partial charge in [0.2, 0.25) is 12.0 Å². The number of methoxy groups -OCH3 is 3. The highest BCUT2D eigenvalue weighted by atomic mass is 16.7. The van der Waals surface area contributed by atoms with Crippen LogP contribution >= 0.6 is 0 Å². The SMILES string of the molecule is COc1ccc(CCc2cc(OC)c(O[C@@H]3O[C@H](CO)[C@@H](O)[C@H](O)[C@H]3O)c(OC)c2)cc1. The van der Waals surface area contributed by atoms with Crippen LogP contribution in [-0.4, -0.2) is 79.1 Å². The third-order valence-corrected chi connectivity index (χ3v) is 5.46.